The highest BCUT2D eigenvalue weighted by Crippen LogP contribution is 2.29. The number of nitrogens with zero attached hydrogens (tertiary/aromatic N) is 1. The maximum absolute atomic E-state index is 12.1. The van der Waals surface area contributed by atoms with Crippen molar-refractivity contribution >= 4 is 23.7 Å². The lowest BCUT2D eigenvalue weighted by atomic mass is 10.2. The van der Waals surface area contributed by atoms with Gasteiger partial charge in [-0.25, -0.2) is 5.43 Å². The fraction of sp³-hybridized carbons (Fsp3) is 0.286. The highest BCUT2D eigenvalue weighted by atomic mass is 35.5. The van der Waals surface area contributed by atoms with Gasteiger partial charge in [-0.05, 0) is 79.1 Å². The van der Waals surface area contributed by atoms with Crippen LogP contribution in [0, 0.1) is 0 Å². The number of rotatable bonds is 14. The van der Waals surface area contributed by atoms with E-state index in [2.05, 4.69) is 17.5 Å². The molecule has 7 nitrogen and oxygen atoms in total. The van der Waals surface area contributed by atoms with Crippen molar-refractivity contribution < 1.29 is 23.7 Å². The number of halogens is 1. The number of carbonyl (C=O) groups excluding carboxylic acids is 1. The maximum Gasteiger partial charge on any atom is 0.277 e. The number of hydrogen-bond acceptors (Lipinski definition) is 6. The highest BCUT2D eigenvalue weighted by molar-refractivity contribution is 6.30. The van der Waals surface area contributed by atoms with Gasteiger partial charge in [0.25, 0.3) is 5.91 Å². The number of ether oxygens (including phenoxy) is 4. The Hall–Kier alpha value is -3.71. The van der Waals surface area contributed by atoms with Crippen LogP contribution in [0.4, 0.5) is 0 Å². The molecule has 0 heterocycles. The van der Waals surface area contributed by atoms with Gasteiger partial charge in [0.15, 0.2) is 18.1 Å². The van der Waals surface area contributed by atoms with E-state index in [4.69, 9.17) is 30.5 Å². The molecule has 0 aromatic heterocycles. The number of hydrazone groups is 1. The van der Waals surface area contributed by atoms with Crippen molar-refractivity contribution in [2.24, 2.45) is 5.10 Å². The molecule has 0 fully saturated rings. The molecule has 0 unspecified atom stereocenters. The molecule has 0 radical (unpaired) electrons. The predicted octanol–water partition coefficient (Wildman–Crippen LogP) is 6.03. The predicted molar refractivity (Wildman–Crippen MR) is 141 cm³/mol. The summed E-state index contributed by atoms with van der Waals surface area (Å²) in [5, 5.41) is 4.69. The van der Waals surface area contributed by atoms with E-state index in [-0.39, 0.29) is 12.5 Å². The van der Waals surface area contributed by atoms with Gasteiger partial charge in [-0.3, -0.25) is 4.79 Å². The number of nitrogens with one attached hydrogen (secondary N) is 1. The van der Waals surface area contributed by atoms with Crippen LogP contribution < -0.4 is 24.4 Å². The third kappa shape index (κ3) is 9.15. The third-order valence-corrected chi connectivity index (χ3v) is 5.19. The van der Waals surface area contributed by atoms with Gasteiger partial charge in [-0.1, -0.05) is 37.1 Å². The van der Waals surface area contributed by atoms with Crippen molar-refractivity contribution in [2.75, 3.05) is 19.8 Å². The topological polar surface area (TPSA) is 78.4 Å². The Morgan fingerprint density at radius 3 is 2.31 bits per heavy atom. The van der Waals surface area contributed by atoms with E-state index in [1.54, 1.807) is 18.2 Å². The minimum atomic E-state index is -0.373. The molecule has 3 aromatic rings. The minimum Gasteiger partial charge on any atom is -0.494 e. The average Bonchev–Trinajstić information content (AvgIpc) is 2.89. The Labute approximate surface area is 217 Å². The number of carbonyl (C=O) groups is 1. The Morgan fingerprint density at radius 1 is 0.889 bits per heavy atom. The van der Waals surface area contributed by atoms with Gasteiger partial charge in [-0.2, -0.15) is 5.10 Å². The third-order valence-electron chi connectivity index (χ3n) is 4.94. The quantitative estimate of drug-likeness (QED) is 0.163. The first-order valence-electron chi connectivity index (χ1n) is 11.9. The van der Waals surface area contributed by atoms with Gasteiger partial charge in [0.2, 0.25) is 0 Å². The van der Waals surface area contributed by atoms with Gasteiger partial charge in [0, 0.05) is 5.02 Å². The van der Waals surface area contributed by atoms with Crippen LogP contribution in [0.5, 0.6) is 23.0 Å². The molecule has 190 valence electrons. The number of benzene rings is 3. The summed E-state index contributed by atoms with van der Waals surface area (Å²) in [5.41, 5.74) is 4.20. The van der Waals surface area contributed by atoms with Crippen molar-refractivity contribution in [1.29, 1.82) is 0 Å². The zero-order valence-corrected chi connectivity index (χ0v) is 21.3. The SMILES string of the molecule is CCCCOc1ccc(OCC(=O)NN=Cc2ccc(OCc3ccc(Cl)cc3)c(OCC)c2)cc1. The fourth-order valence-corrected chi connectivity index (χ4v) is 3.19. The first-order valence-corrected chi connectivity index (χ1v) is 12.3. The van der Waals surface area contributed by atoms with E-state index in [1.807, 2.05) is 55.5 Å². The van der Waals surface area contributed by atoms with Crippen LogP contribution in [0.1, 0.15) is 37.8 Å². The number of amides is 1. The second-order valence-electron chi connectivity index (χ2n) is 7.81. The van der Waals surface area contributed by atoms with Gasteiger partial charge < -0.3 is 18.9 Å². The van der Waals surface area contributed by atoms with Crippen LogP contribution in [0.3, 0.4) is 0 Å². The van der Waals surface area contributed by atoms with E-state index in [0.29, 0.717) is 42.1 Å². The van der Waals surface area contributed by atoms with Crippen molar-refractivity contribution in [2.45, 2.75) is 33.3 Å². The van der Waals surface area contributed by atoms with Crippen LogP contribution in [-0.2, 0) is 11.4 Å². The first-order chi connectivity index (χ1) is 17.6. The molecule has 0 saturated heterocycles. The lowest BCUT2D eigenvalue weighted by Gasteiger charge is -2.12. The van der Waals surface area contributed by atoms with Gasteiger partial charge in [0.05, 0.1) is 19.4 Å². The van der Waals surface area contributed by atoms with Crippen molar-refractivity contribution in [3.63, 3.8) is 0 Å². The molecule has 0 saturated carbocycles. The second kappa shape index (κ2) is 14.6. The second-order valence-corrected chi connectivity index (χ2v) is 8.25. The molecule has 3 rings (SSSR count). The Morgan fingerprint density at radius 2 is 1.61 bits per heavy atom. The van der Waals surface area contributed by atoms with Crippen LogP contribution in [-0.4, -0.2) is 31.9 Å². The molecule has 1 N–H and O–H groups in total. The average molecular weight is 511 g/mol. The monoisotopic (exact) mass is 510 g/mol. The molecule has 0 atom stereocenters. The lowest BCUT2D eigenvalue weighted by Crippen LogP contribution is -2.24. The van der Waals surface area contributed by atoms with E-state index < -0.39 is 0 Å². The van der Waals surface area contributed by atoms with E-state index in [0.717, 1.165) is 29.7 Å². The Balaban J connectivity index is 1.47. The van der Waals surface area contributed by atoms with Crippen molar-refractivity contribution in [3.8, 4) is 23.0 Å². The molecule has 36 heavy (non-hydrogen) atoms. The molecule has 8 heteroatoms. The summed E-state index contributed by atoms with van der Waals surface area (Å²) in [5.74, 6) is 2.18. The molecule has 0 bridgehead atoms. The van der Waals surface area contributed by atoms with Crippen LogP contribution >= 0.6 is 11.6 Å². The molecule has 0 spiro atoms. The van der Waals surface area contributed by atoms with Crippen molar-refractivity contribution in [1.82, 2.24) is 5.43 Å². The summed E-state index contributed by atoms with van der Waals surface area (Å²) in [4.78, 5) is 12.1. The summed E-state index contributed by atoms with van der Waals surface area (Å²) < 4.78 is 22.7. The fourth-order valence-electron chi connectivity index (χ4n) is 3.06. The minimum absolute atomic E-state index is 0.158. The molecular weight excluding hydrogens is 480 g/mol. The summed E-state index contributed by atoms with van der Waals surface area (Å²) in [7, 11) is 0. The molecule has 0 aliphatic rings. The van der Waals surface area contributed by atoms with Gasteiger partial charge >= 0.3 is 0 Å². The van der Waals surface area contributed by atoms with Crippen LogP contribution in [0.2, 0.25) is 5.02 Å². The van der Waals surface area contributed by atoms with Crippen LogP contribution in [0.25, 0.3) is 0 Å². The molecule has 3 aromatic carbocycles. The molecule has 0 aliphatic carbocycles. The van der Waals surface area contributed by atoms with E-state index in [9.17, 15) is 4.79 Å². The Kier molecular flexibility index (Phi) is 10.9. The summed E-state index contributed by atoms with van der Waals surface area (Å²) >= 11 is 5.93. The van der Waals surface area contributed by atoms with E-state index >= 15 is 0 Å². The van der Waals surface area contributed by atoms with Gasteiger partial charge in [0.1, 0.15) is 18.1 Å². The zero-order chi connectivity index (χ0) is 25.6. The Bertz CT molecular complexity index is 1120. The number of hydrogen-bond donors (Lipinski definition) is 1. The summed E-state index contributed by atoms with van der Waals surface area (Å²) in [6.07, 6.45) is 3.62. The largest absolute Gasteiger partial charge is 0.494 e. The summed E-state index contributed by atoms with van der Waals surface area (Å²) in [6, 6.07) is 20.1. The zero-order valence-electron chi connectivity index (χ0n) is 20.5. The first kappa shape index (κ1) is 26.9. The standard InChI is InChI=1S/C28H31ClN2O5/c1-3-5-16-34-24-11-13-25(14-12-24)35-20-28(32)31-30-18-22-8-15-26(27(17-22)33-4-2)36-19-21-6-9-23(29)10-7-21/h6-15,17-18H,3-5,16,19-20H2,1-2H3,(H,31,32). The smallest absolute Gasteiger partial charge is 0.277 e. The van der Waals surface area contributed by atoms with Gasteiger partial charge in [-0.15, -0.1) is 0 Å². The highest BCUT2D eigenvalue weighted by Gasteiger charge is 2.07. The molecule has 0 aliphatic heterocycles. The normalized spacial score (nSPS) is 10.8. The maximum atomic E-state index is 12.1. The van der Waals surface area contributed by atoms with E-state index in [1.165, 1.54) is 6.21 Å². The van der Waals surface area contributed by atoms with Crippen molar-refractivity contribution in [3.05, 3.63) is 82.9 Å². The number of unbranched alkanes of at least 4 members (excludes halogenated alkanes) is 1. The summed E-state index contributed by atoms with van der Waals surface area (Å²) in [6.45, 7) is 5.41. The van der Waals surface area contributed by atoms with Crippen LogP contribution in [0.15, 0.2) is 71.8 Å². The lowest BCUT2D eigenvalue weighted by molar-refractivity contribution is -0.123. The molecule has 1 amide bonds. The molecular formula is C28H31ClN2O5.